The maximum Gasteiger partial charge on any atom is 0.441 e. The Bertz CT molecular complexity index is 899. The molecule has 0 aliphatic rings. The van der Waals surface area contributed by atoms with Crippen molar-refractivity contribution in [2.45, 2.75) is 24.9 Å². The predicted molar refractivity (Wildman–Crippen MR) is 94.4 cm³/mol. The topological polar surface area (TPSA) is 67.4 Å². The number of nitrogens with one attached hydrogen (secondary N) is 2. The standard InChI is InChI=1S/C19H16F6N2O3/c1-2-30-16(29)17(19(23,24)25,27-15(28)12-8-4-3-5-9-12)26-14-11-7-6-10-13(14)18(20,21)22/h3-11,26H,2H2,1H3,(H,27,28)/t17-/m1/s1. The summed E-state index contributed by atoms with van der Waals surface area (Å²) in [4.78, 5) is 24.7. The van der Waals surface area contributed by atoms with Gasteiger partial charge < -0.3 is 15.4 Å². The molecule has 0 bridgehead atoms. The Hall–Kier alpha value is -3.24. The molecule has 2 N–H and O–H groups in total. The van der Waals surface area contributed by atoms with E-state index < -0.39 is 47.7 Å². The quantitative estimate of drug-likeness (QED) is 0.403. The molecule has 2 aromatic rings. The van der Waals surface area contributed by atoms with Gasteiger partial charge in [-0.3, -0.25) is 4.79 Å². The lowest BCUT2D eigenvalue weighted by Crippen LogP contribution is -2.69. The van der Waals surface area contributed by atoms with Crippen LogP contribution in [0.3, 0.4) is 0 Å². The van der Waals surface area contributed by atoms with E-state index in [1.165, 1.54) is 42.6 Å². The lowest BCUT2D eigenvalue weighted by atomic mass is 10.1. The Morgan fingerprint density at radius 2 is 1.47 bits per heavy atom. The molecular weight excluding hydrogens is 418 g/mol. The lowest BCUT2D eigenvalue weighted by Gasteiger charge is -2.36. The van der Waals surface area contributed by atoms with Crippen LogP contribution in [-0.2, 0) is 15.7 Å². The number of amides is 1. The van der Waals surface area contributed by atoms with Gasteiger partial charge >= 0.3 is 24.0 Å². The summed E-state index contributed by atoms with van der Waals surface area (Å²) in [6.45, 7) is 0.697. The third-order valence-electron chi connectivity index (χ3n) is 3.90. The molecule has 0 saturated carbocycles. The van der Waals surface area contributed by atoms with Crippen molar-refractivity contribution in [3.63, 3.8) is 0 Å². The van der Waals surface area contributed by atoms with Crippen molar-refractivity contribution in [3.05, 3.63) is 65.7 Å². The molecule has 1 atom stereocenters. The highest BCUT2D eigenvalue weighted by Crippen LogP contribution is 2.39. The molecule has 2 aromatic carbocycles. The zero-order valence-corrected chi connectivity index (χ0v) is 15.4. The van der Waals surface area contributed by atoms with Crippen molar-refractivity contribution in [1.82, 2.24) is 5.32 Å². The largest absolute Gasteiger partial charge is 0.463 e. The van der Waals surface area contributed by atoms with E-state index in [2.05, 4.69) is 4.74 Å². The molecule has 0 saturated heterocycles. The van der Waals surface area contributed by atoms with Gasteiger partial charge in [-0.2, -0.15) is 26.3 Å². The summed E-state index contributed by atoms with van der Waals surface area (Å²) < 4.78 is 86.5. The zero-order valence-electron chi connectivity index (χ0n) is 15.4. The van der Waals surface area contributed by atoms with Crippen LogP contribution < -0.4 is 10.6 Å². The van der Waals surface area contributed by atoms with E-state index >= 15 is 0 Å². The van der Waals surface area contributed by atoms with E-state index in [1.807, 2.05) is 0 Å². The first kappa shape index (κ1) is 23.0. The fraction of sp³-hybridized carbons (Fsp3) is 0.263. The normalized spacial score (nSPS) is 13.8. The number of alkyl halides is 6. The Morgan fingerprint density at radius 1 is 0.900 bits per heavy atom. The molecule has 11 heteroatoms. The van der Waals surface area contributed by atoms with Crippen LogP contribution >= 0.6 is 0 Å². The summed E-state index contributed by atoms with van der Waals surface area (Å²) in [5.41, 5.74) is -6.75. The van der Waals surface area contributed by atoms with Gasteiger partial charge in [-0.25, -0.2) is 4.79 Å². The average molecular weight is 434 g/mol. The number of carbonyl (C=O) groups excluding carboxylic acids is 2. The summed E-state index contributed by atoms with van der Waals surface area (Å²) in [6, 6.07) is 9.82. The molecule has 0 heterocycles. The van der Waals surface area contributed by atoms with Gasteiger partial charge in [0.05, 0.1) is 12.2 Å². The Balaban J connectivity index is 2.61. The van der Waals surface area contributed by atoms with Crippen molar-refractivity contribution in [2.24, 2.45) is 0 Å². The molecule has 0 aliphatic heterocycles. The summed E-state index contributed by atoms with van der Waals surface area (Å²) in [5.74, 6) is -3.36. The number of para-hydroxylation sites is 1. The lowest BCUT2D eigenvalue weighted by molar-refractivity contribution is -0.204. The predicted octanol–water partition coefficient (Wildman–Crippen LogP) is 4.37. The Kier molecular flexibility index (Phi) is 6.63. The highest BCUT2D eigenvalue weighted by atomic mass is 19.4. The maximum absolute atomic E-state index is 14.1. The van der Waals surface area contributed by atoms with Crippen LogP contribution in [-0.4, -0.2) is 30.3 Å². The summed E-state index contributed by atoms with van der Waals surface area (Å²) in [5, 5.41) is 3.02. The Labute approximate surface area is 167 Å². The van der Waals surface area contributed by atoms with Gasteiger partial charge in [0.25, 0.3) is 5.91 Å². The van der Waals surface area contributed by atoms with Crippen molar-refractivity contribution in [3.8, 4) is 0 Å². The number of esters is 1. The van der Waals surface area contributed by atoms with Crippen LogP contribution in [0.5, 0.6) is 0 Å². The summed E-state index contributed by atoms with van der Waals surface area (Å²) >= 11 is 0. The van der Waals surface area contributed by atoms with Crippen LogP contribution in [0, 0.1) is 0 Å². The second-order valence-electron chi connectivity index (χ2n) is 5.96. The number of anilines is 1. The molecule has 0 fully saturated rings. The average Bonchev–Trinajstić information content (AvgIpc) is 2.67. The van der Waals surface area contributed by atoms with Gasteiger partial charge in [0.1, 0.15) is 0 Å². The number of ether oxygens (including phenoxy) is 1. The SMILES string of the molecule is CCOC(=O)[C@](NC(=O)c1ccccc1)(Nc1ccccc1C(F)(F)F)C(F)(F)F. The van der Waals surface area contributed by atoms with Crippen molar-refractivity contribution in [2.75, 3.05) is 11.9 Å². The van der Waals surface area contributed by atoms with Gasteiger partial charge in [0.15, 0.2) is 0 Å². The zero-order chi connectivity index (χ0) is 22.6. The molecule has 0 spiro atoms. The van der Waals surface area contributed by atoms with Crippen LogP contribution in [0.4, 0.5) is 32.0 Å². The molecule has 5 nitrogen and oxygen atoms in total. The molecule has 2 rings (SSSR count). The van der Waals surface area contributed by atoms with Crippen molar-refractivity contribution >= 4 is 17.6 Å². The smallest absolute Gasteiger partial charge is 0.441 e. The fourth-order valence-corrected chi connectivity index (χ4v) is 2.50. The summed E-state index contributed by atoms with van der Waals surface area (Å²) in [7, 11) is 0. The second-order valence-corrected chi connectivity index (χ2v) is 5.96. The molecule has 30 heavy (non-hydrogen) atoms. The number of halogens is 6. The third-order valence-corrected chi connectivity index (χ3v) is 3.90. The van der Waals surface area contributed by atoms with Crippen LogP contribution in [0.2, 0.25) is 0 Å². The first-order valence-electron chi connectivity index (χ1n) is 8.48. The van der Waals surface area contributed by atoms with Crippen LogP contribution in [0.25, 0.3) is 0 Å². The third kappa shape index (κ3) is 4.84. The molecule has 0 aliphatic carbocycles. The minimum atomic E-state index is -5.57. The highest BCUT2D eigenvalue weighted by molar-refractivity contribution is 5.99. The molecule has 1 amide bonds. The summed E-state index contributed by atoms with van der Waals surface area (Å²) in [6.07, 6.45) is -10.6. The maximum atomic E-state index is 14.1. The van der Waals surface area contributed by atoms with E-state index in [0.717, 1.165) is 12.1 Å². The number of rotatable bonds is 6. The van der Waals surface area contributed by atoms with E-state index in [4.69, 9.17) is 0 Å². The van der Waals surface area contributed by atoms with Gasteiger partial charge in [-0.15, -0.1) is 0 Å². The second kappa shape index (κ2) is 8.64. The van der Waals surface area contributed by atoms with Crippen LogP contribution in [0.15, 0.2) is 54.6 Å². The molecule has 0 radical (unpaired) electrons. The molecule has 0 unspecified atom stereocenters. The van der Waals surface area contributed by atoms with E-state index in [9.17, 15) is 35.9 Å². The van der Waals surface area contributed by atoms with Gasteiger partial charge in [-0.05, 0) is 31.2 Å². The number of carbonyl (C=O) groups is 2. The van der Waals surface area contributed by atoms with Gasteiger partial charge in [0, 0.05) is 11.3 Å². The Morgan fingerprint density at radius 3 is 2.00 bits per heavy atom. The van der Waals surface area contributed by atoms with E-state index in [1.54, 1.807) is 5.32 Å². The number of benzene rings is 2. The van der Waals surface area contributed by atoms with Crippen molar-refractivity contribution in [1.29, 1.82) is 0 Å². The highest BCUT2D eigenvalue weighted by Gasteiger charge is 2.64. The number of hydrogen-bond acceptors (Lipinski definition) is 4. The van der Waals surface area contributed by atoms with E-state index in [0.29, 0.717) is 12.1 Å². The van der Waals surface area contributed by atoms with Gasteiger partial charge in [0.2, 0.25) is 0 Å². The molecular formula is C19H16F6N2O3. The molecule has 0 aromatic heterocycles. The first-order chi connectivity index (χ1) is 13.9. The monoisotopic (exact) mass is 434 g/mol. The van der Waals surface area contributed by atoms with E-state index in [-0.39, 0.29) is 5.56 Å². The fourth-order valence-electron chi connectivity index (χ4n) is 2.50. The van der Waals surface area contributed by atoms with Gasteiger partial charge in [-0.1, -0.05) is 30.3 Å². The first-order valence-corrected chi connectivity index (χ1v) is 8.48. The minimum Gasteiger partial charge on any atom is -0.463 e. The van der Waals surface area contributed by atoms with Crippen molar-refractivity contribution < 1.29 is 40.7 Å². The molecule has 162 valence electrons. The van der Waals surface area contributed by atoms with Crippen LogP contribution in [0.1, 0.15) is 22.8 Å². The number of hydrogen-bond donors (Lipinski definition) is 2. The minimum absolute atomic E-state index is 0.249.